The topological polar surface area (TPSA) is 56.0 Å². The van der Waals surface area contributed by atoms with Crippen molar-refractivity contribution in [2.45, 2.75) is 13.3 Å². The highest BCUT2D eigenvalue weighted by atomic mass is 127. The van der Waals surface area contributed by atoms with E-state index in [-0.39, 0.29) is 9.13 Å². The van der Waals surface area contributed by atoms with Crippen LogP contribution in [0.1, 0.15) is 17.7 Å². The Morgan fingerprint density at radius 3 is 2.64 bits per heavy atom. The quantitative estimate of drug-likeness (QED) is 0.479. The van der Waals surface area contributed by atoms with Crippen molar-refractivity contribution < 1.29 is 13.7 Å². The van der Waals surface area contributed by atoms with Crippen molar-refractivity contribution in [3.05, 3.63) is 31.0 Å². The molecule has 1 aromatic heterocycles. The minimum atomic E-state index is -2.79. The Bertz CT molecular complexity index is 384. The van der Waals surface area contributed by atoms with Gasteiger partial charge in [0.1, 0.15) is 0 Å². The number of hydrogen-bond donors (Lipinski definition) is 0. The standard InChI is InChI=1S/C7H5F2IN2O2/c1-3-2-4(10)5(6(8)9)11-7(3)12(13)14/h2,6H,1H3. The summed E-state index contributed by atoms with van der Waals surface area (Å²) in [5, 5.41) is 10.4. The van der Waals surface area contributed by atoms with Crippen LogP contribution in [0.25, 0.3) is 0 Å². The van der Waals surface area contributed by atoms with Gasteiger partial charge < -0.3 is 10.1 Å². The van der Waals surface area contributed by atoms with Crippen molar-refractivity contribution in [2.24, 2.45) is 0 Å². The molecule has 0 N–H and O–H groups in total. The van der Waals surface area contributed by atoms with Crippen LogP contribution in [0, 0.1) is 20.6 Å². The molecule has 0 spiro atoms. The van der Waals surface area contributed by atoms with Crippen molar-refractivity contribution in [1.29, 1.82) is 0 Å². The highest BCUT2D eigenvalue weighted by Gasteiger charge is 2.24. The second kappa shape index (κ2) is 4.11. The third-order valence-corrected chi connectivity index (χ3v) is 2.41. The number of pyridine rings is 1. The van der Waals surface area contributed by atoms with E-state index >= 15 is 0 Å². The lowest BCUT2D eigenvalue weighted by Crippen LogP contribution is -2.02. The maximum Gasteiger partial charge on any atom is 0.366 e. The summed E-state index contributed by atoms with van der Waals surface area (Å²) in [6, 6.07) is 1.33. The van der Waals surface area contributed by atoms with Gasteiger partial charge in [-0.2, -0.15) is 0 Å². The van der Waals surface area contributed by atoms with Gasteiger partial charge in [0.15, 0.2) is 0 Å². The van der Waals surface area contributed by atoms with Crippen LogP contribution in [0.15, 0.2) is 6.07 Å². The van der Waals surface area contributed by atoms with Crippen molar-refractivity contribution >= 4 is 28.4 Å². The molecule has 0 aliphatic carbocycles. The van der Waals surface area contributed by atoms with E-state index in [1.807, 2.05) is 0 Å². The minimum absolute atomic E-state index is 0.237. The van der Waals surface area contributed by atoms with E-state index in [2.05, 4.69) is 4.98 Å². The number of aryl methyl sites for hydroxylation is 1. The molecule has 0 aliphatic heterocycles. The molecule has 4 nitrogen and oxygen atoms in total. The Labute approximate surface area is 91.6 Å². The van der Waals surface area contributed by atoms with Crippen LogP contribution in [0.3, 0.4) is 0 Å². The first-order valence-corrected chi connectivity index (χ1v) is 4.61. The van der Waals surface area contributed by atoms with Crippen molar-refractivity contribution in [1.82, 2.24) is 4.98 Å². The summed E-state index contributed by atoms with van der Waals surface area (Å²) >= 11 is 1.68. The van der Waals surface area contributed by atoms with Crippen LogP contribution in [0.4, 0.5) is 14.6 Å². The summed E-state index contributed by atoms with van der Waals surface area (Å²) in [6.07, 6.45) is -2.79. The van der Waals surface area contributed by atoms with Gasteiger partial charge in [-0.15, -0.1) is 0 Å². The molecule has 0 unspecified atom stereocenters. The lowest BCUT2D eigenvalue weighted by Gasteiger charge is -2.01. The highest BCUT2D eigenvalue weighted by molar-refractivity contribution is 14.1. The fraction of sp³-hybridized carbons (Fsp3) is 0.286. The molecule has 0 atom stereocenters. The molecular weight excluding hydrogens is 309 g/mol. The number of nitrogens with zero attached hydrogens (tertiary/aromatic N) is 2. The van der Waals surface area contributed by atoms with Crippen LogP contribution < -0.4 is 0 Å². The van der Waals surface area contributed by atoms with Crippen molar-refractivity contribution in [3.63, 3.8) is 0 Å². The van der Waals surface area contributed by atoms with E-state index in [1.165, 1.54) is 13.0 Å². The Morgan fingerprint density at radius 1 is 1.64 bits per heavy atom. The van der Waals surface area contributed by atoms with Gasteiger partial charge in [0.05, 0.1) is 3.57 Å². The first-order valence-electron chi connectivity index (χ1n) is 3.53. The Morgan fingerprint density at radius 2 is 2.21 bits per heavy atom. The second-order valence-electron chi connectivity index (χ2n) is 2.55. The summed E-state index contributed by atoms with van der Waals surface area (Å²) in [4.78, 5) is 13.0. The Hall–Kier alpha value is -0.860. The molecule has 7 heteroatoms. The zero-order valence-corrected chi connectivity index (χ0v) is 9.16. The highest BCUT2D eigenvalue weighted by Crippen LogP contribution is 2.27. The number of aromatic nitrogens is 1. The van der Waals surface area contributed by atoms with E-state index in [0.29, 0.717) is 0 Å². The molecular formula is C7H5F2IN2O2. The van der Waals surface area contributed by atoms with E-state index in [4.69, 9.17) is 0 Å². The maximum atomic E-state index is 12.3. The molecule has 0 aliphatic rings. The van der Waals surface area contributed by atoms with Crippen LogP contribution in [0.5, 0.6) is 0 Å². The number of alkyl halides is 2. The van der Waals surface area contributed by atoms with Crippen molar-refractivity contribution in [2.75, 3.05) is 0 Å². The van der Waals surface area contributed by atoms with Gasteiger partial charge >= 0.3 is 12.2 Å². The van der Waals surface area contributed by atoms with Gasteiger partial charge in [0, 0.05) is 5.56 Å². The SMILES string of the molecule is Cc1cc(I)c(C(F)F)nc1[N+](=O)[O-]. The van der Waals surface area contributed by atoms with E-state index < -0.39 is 22.9 Å². The van der Waals surface area contributed by atoms with E-state index in [1.54, 1.807) is 22.6 Å². The number of halogens is 3. The fourth-order valence-corrected chi connectivity index (χ4v) is 1.75. The molecule has 0 amide bonds. The molecule has 0 bridgehead atoms. The van der Waals surface area contributed by atoms with E-state index in [0.717, 1.165) is 0 Å². The van der Waals surface area contributed by atoms with E-state index in [9.17, 15) is 18.9 Å². The van der Waals surface area contributed by atoms with Gasteiger partial charge in [0.25, 0.3) is 0 Å². The predicted molar refractivity (Wildman–Crippen MR) is 53.3 cm³/mol. The minimum Gasteiger partial charge on any atom is -0.358 e. The summed E-state index contributed by atoms with van der Waals surface area (Å²) < 4.78 is 24.9. The molecule has 0 aromatic carbocycles. The maximum absolute atomic E-state index is 12.3. The van der Waals surface area contributed by atoms with Gasteiger partial charge in [0.2, 0.25) is 5.69 Å². The average Bonchev–Trinajstić information content (AvgIpc) is 2.02. The van der Waals surface area contributed by atoms with Gasteiger partial charge in [-0.05, 0) is 45.5 Å². The summed E-state index contributed by atoms with van der Waals surface area (Å²) in [5.41, 5.74) is -0.258. The number of rotatable bonds is 2. The first-order chi connectivity index (χ1) is 6.43. The molecule has 76 valence electrons. The monoisotopic (exact) mass is 314 g/mol. The normalized spacial score (nSPS) is 10.6. The Balaban J connectivity index is 3.34. The smallest absolute Gasteiger partial charge is 0.358 e. The summed E-state index contributed by atoms with van der Waals surface area (Å²) in [5.74, 6) is -0.513. The lowest BCUT2D eigenvalue weighted by atomic mass is 10.2. The second-order valence-corrected chi connectivity index (χ2v) is 3.72. The molecule has 1 aromatic rings. The molecule has 1 heterocycles. The molecule has 0 fully saturated rings. The molecule has 14 heavy (non-hydrogen) atoms. The predicted octanol–water partition coefficient (Wildman–Crippen LogP) is 2.84. The lowest BCUT2D eigenvalue weighted by molar-refractivity contribution is -0.390. The van der Waals surface area contributed by atoms with Gasteiger partial charge in [-0.25, -0.2) is 8.78 Å². The zero-order chi connectivity index (χ0) is 10.9. The summed E-state index contributed by atoms with van der Waals surface area (Å²) in [7, 11) is 0. The summed E-state index contributed by atoms with van der Waals surface area (Å²) in [6.45, 7) is 1.46. The van der Waals surface area contributed by atoms with Crippen LogP contribution in [0.2, 0.25) is 0 Å². The molecule has 0 saturated carbocycles. The number of nitro groups is 1. The van der Waals surface area contributed by atoms with Crippen LogP contribution in [-0.4, -0.2) is 9.91 Å². The third-order valence-electron chi connectivity index (χ3n) is 1.55. The largest absolute Gasteiger partial charge is 0.366 e. The van der Waals surface area contributed by atoms with Crippen molar-refractivity contribution in [3.8, 4) is 0 Å². The van der Waals surface area contributed by atoms with Gasteiger partial charge in [-0.1, -0.05) is 0 Å². The van der Waals surface area contributed by atoms with Gasteiger partial charge in [-0.3, -0.25) is 0 Å². The number of hydrogen-bond acceptors (Lipinski definition) is 3. The fourth-order valence-electron chi connectivity index (χ4n) is 0.922. The van der Waals surface area contributed by atoms with Crippen LogP contribution >= 0.6 is 22.6 Å². The third kappa shape index (κ3) is 2.14. The first kappa shape index (κ1) is 11.2. The van der Waals surface area contributed by atoms with Crippen LogP contribution in [-0.2, 0) is 0 Å². The average molecular weight is 314 g/mol. The zero-order valence-electron chi connectivity index (χ0n) is 7.00. The molecule has 0 radical (unpaired) electrons. The molecule has 0 saturated heterocycles. The Kier molecular flexibility index (Phi) is 3.29. The molecule has 1 rings (SSSR count).